The highest BCUT2D eigenvalue weighted by Gasteiger charge is 2.07. The van der Waals surface area contributed by atoms with Crippen LogP contribution >= 0.6 is 0 Å². The Bertz CT molecular complexity index is 480. The summed E-state index contributed by atoms with van der Waals surface area (Å²) < 4.78 is 0. The number of hydrogen-bond acceptors (Lipinski definition) is 1. The van der Waals surface area contributed by atoms with E-state index >= 15 is 0 Å². The minimum atomic E-state index is 0.533. The smallest absolute Gasteiger partial charge is 0.121 e. The molecule has 1 nitrogen and oxygen atoms in total. The van der Waals surface area contributed by atoms with Crippen molar-refractivity contribution in [3.63, 3.8) is 0 Å². The predicted molar refractivity (Wildman–Crippen MR) is 130 cm³/mol. The Morgan fingerprint density at radius 3 is 1.21 bits per heavy atom. The quantitative estimate of drug-likeness (QED) is 0.228. The van der Waals surface area contributed by atoms with E-state index in [1.807, 2.05) is 0 Å². The summed E-state index contributed by atoms with van der Waals surface area (Å²) >= 11 is 0. The number of phenols is 1. The maximum absolute atomic E-state index is 10.2. The van der Waals surface area contributed by atoms with Crippen LogP contribution in [0.5, 0.6) is 5.75 Å². The van der Waals surface area contributed by atoms with Gasteiger partial charge in [0, 0.05) is 0 Å². The Balaban J connectivity index is 1.94. The second-order valence-corrected chi connectivity index (χ2v) is 9.02. The topological polar surface area (TPSA) is 20.2 Å². The molecule has 0 amide bonds. The number of unbranched alkanes of at least 4 members (excludes halogenated alkanes) is 15. The first-order valence-corrected chi connectivity index (χ1v) is 13.1. The number of aromatic hydroxyl groups is 1. The van der Waals surface area contributed by atoms with Crippen LogP contribution in [0.25, 0.3) is 0 Å². The van der Waals surface area contributed by atoms with Crippen molar-refractivity contribution < 1.29 is 5.11 Å². The molecule has 1 aromatic rings. The van der Waals surface area contributed by atoms with Crippen LogP contribution in [0.2, 0.25) is 0 Å². The van der Waals surface area contributed by atoms with Crippen LogP contribution in [-0.2, 0) is 19.3 Å². The lowest BCUT2D eigenvalue weighted by atomic mass is 9.97. The van der Waals surface area contributed by atoms with Crippen molar-refractivity contribution in [2.75, 3.05) is 0 Å². The first-order chi connectivity index (χ1) is 14.2. The van der Waals surface area contributed by atoms with Gasteiger partial charge in [-0.15, -0.1) is 0 Å². The van der Waals surface area contributed by atoms with Crippen LogP contribution in [0, 0.1) is 0 Å². The Kier molecular flexibility index (Phi) is 16.0. The van der Waals surface area contributed by atoms with Gasteiger partial charge in [-0.2, -0.15) is 0 Å². The molecular weight excluding hydrogens is 352 g/mol. The molecule has 29 heavy (non-hydrogen) atoms. The van der Waals surface area contributed by atoms with Gasteiger partial charge in [-0.1, -0.05) is 129 Å². The average molecular weight is 403 g/mol. The van der Waals surface area contributed by atoms with Crippen molar-refractivity contribution in [3.8, 4) is 5.75 Å². The van der Waals surface area contributed by atoms with Crippen LogP contribution in [0.3, 0.4) is 0 Å². The molecule has 0 saturated carbocycles. The largest absolute Gasteiger partial charge is 0.507 e. The molecule has 0 aromatic heterocycles. The molecular formula is C28H50O. The standard InChI is InChI=1S/C28H50O/c1-4-7-8-9-10-11-12-13-14-15-16-17-18-19-20-21-22-25-23-26(5-2)28(29)27(6-3)24-25/h23-24,29H,4-22H2,1-3H3. The Labute approximate surface area is 182 Å². The van der Waals surface area contributed by atoms with Crippen molar-refractivity contribution in [1.29, 1.82) is 0 Å². The molecule has 1 aromatic carbocycles. The summed E-state index contributed by atoms with van der Waals surface area (Å²) in [6.07, 6.45) is 25.7. The minimum Gasteiger partial charge on any atom is -0.507 e. The van der Waals surface area contributed by atoms with Gasteiger partial charge in [0.15, 0.2) is 0 Å². The number of phenolic OH excluding ortho intramolecular Hbond substituents is 1. The molecule has 0 atom stereocenters. The lowest BCUT2D eigenvalue weighted by Gasteiger charge is -2.11. The van der Waals surface area contributed by atoms with Crippen molar-refractivity contribution in [3.05, 3.63) is 28.8 Å². The Hall–Kier alpha value is -0.980. The number of aryl methyl sites for hydroxylation is 3. The lowest BCUT2D eigenvalue weighted by molar-refractivity contribution is 0.462. The summed E-state index contributed by atoms with van der Waals surface area (Å²) in [5.74, 6) is 0.533. The molecule has 0 fully saturated rings. The number of benzene rings is 1. The number of hydrogen-bond donors (Lipinski definition) is 1. The second-order valence-electron chi connectivity index (χ2n) is 9.02. The summed E-state index contributed by atoms with van der Waals surface area (Å²) in [6, 6.07) is 4.44. The molecule has 1 rings (SSSR count). The third-order valence-electron chi connectivity index (χ3n) is 6.41. The van der Waals surface area contributed by atoms with Gasteiger partial charge in [-0.3, -0.25) is 0 Å². The van der Waals surface area contributed by atoms with Gasteiger partial charge in [0.05, 0.1) is 0 Å². The normalized spacial score (nSPS) is 11.3. The summed E-state index contributed by atoms with van der Waals surface area (Å²) in [5, 5.41) is 10.2. The van der Waals surface area contributed by atoms with E-state index in [0.29, 0.717) is 5.75 Å². The fraction of sp³-hybridized carbons (Fsp3) is 0.786. The van der Waals surface area contributed by atoms with Gasteiger partial charge >= 0.3 is 0 Å². The maximum atomic E-state index is 10.2. The van der Waals surface area contributed by atoms with Crippen LogP contribution in [0.15, 0.2) is 12.1 Å². The molecule has 0 heterocycles. The fourth-order valence-corrected chi connectivity index (χ4v) is 4.39. The molecule has 168 valence electrons. The molecule has 0 bridgehead atoms. The van der Waals surface area contributed by atoms with Crippen LogP contribution in [0.4, 0.5) is 0 Å². The van der Waals surface area contributed by atoms with Crippen LogP contribution < -0.4 is 0 Å². The molecule has 0 spiro atoms. The zero-order chi connectivity index (χ0) is 21.2. The zero-order valence-electron chi connectivity index (χ0n) is 20.0. The molecule has 1 heteroatoms. The first-order valence-electron chi connectivity index (χ1n) is 13.1. The highest BCUT2D eigenvalue weighted by atomic mass is 16.3. The minimum absolute atomic E-state index is 0.533. The maximum Gasteiger partial charge on any atom is 0.121 e. The molecule has 0 radical (unpaired) electrons. The van der Waals surface area contributed by atoms with E-state index in [9.17, 15) is 5.11 Å². The fourth-order valence-electron chi connectivity index (χ4n) is 4.39. The van der Waals surface area contributed by atoms with Crippen molar-refractivity contribution >= 4 is 0 Å². The third-order valence-corrected chi connectivity index (χ3v) is 6.41. The van der Waals surface area contributed by atoms with Crippen molar-refractivity contribution in [1.82, 2.24) is 0 Å². The predicted octanol–water partition coefficient (Wildman–Crippen LogP) is 9.32. The molecule has 0 aliphatic rings. The summed E-state index contributed by atoms with van der Waals surface area (Å²) in [4.78, 5) is 0. The number of rotatable bonds is 19. The lowest BCUT2D eigenvalue weighted by Crippen LogP contribution is -1.94. The van der Waals surface area contributed by atoms with Gasteiger partial charge in [0.1, 0.15) is 5.75 Å². The highest BCUT2D eigenvalue weighted by Crippen LogP contribution is 2.26. The summed E-state index contributed by atoms with van der Waals surface area (Å²) in [7, 11) is 0. The third kappa shape index (κ3) is 12.3. The van der Waals surface area contributed by atoms with Gasteiger partial charge in [0.2, 0.25) is 0 Å². The average Bonchev–Trinajstić information content (AvgIpc) is 2.74. The zero-order valence-corrected chi connectivity index (χ0v) is 20.0. The van der Waals surface area contributed by atoms with Gasteiger partial charge in [-0.25, -0.2) is 0 Å². The van der Waals surface area contributed by atoms with E-state index in [1.165, 1.54) is 115 Å². The summed E-state index contributed by atoms with van der Waals surface area (Å²) in [5.41, 5.74) is 3.66. The molecule has 0 aliphatic carbocycles. The van der Waals surface area contributed by atoms with E-state index in [-0.39, 0.29) is 0 Å². The van der Waals surface area contributed by atoms with Crippen LogP contribution in [-0.4, -0.2) is 5.11 Å². The second kappa shape index (κ2) is 17.8. The molecule has 0 unspecified atom stereocenters. The van der Waals surface area contributed by atoms with Crippen molar-refractivity contribution in [2.45, 2.75) is 143 Å². The Morgan fingerprint density at radius 1 is 0.517 bits per heavy atom. The van der Waals surface area contributed by atoms with E-state index in [4.69, 9.17) is 0 Å². The molecule has 0 aliphatic heterocycles. The van der Waals surface area contributed by atoms with Crippen molar-refractivity contribution in [2.24, 2.45) is 0 Å². The Morgan fingerprint density at radius 2 is 0.862 bits per heavy atom. The first kappa shape index (κ1) is 26.1. The monoisotopic (exact) mass is 402 g/mol. The van der Waals surface area contributed by atoms with E-state index in [0.717, 1.165) is 24.0 Å². The SMILES string of the molecule is CCCCCCCCCCCCCCCCCCc1cc(CC)c(O)c(CC)c1. The van der Waals surface area contributed by atoms with E-state index in [1.54, 1.807) is 0 Å². The van der Waals surface area contributed by atoms with Crippen LogP contribution in [0.1, 0.15) is 140 Å². The van der Waals surface area contributed by atoms with E-state index < -0.39 is 0 Å². The van der Waals surface area contributed by atoms with Gasteiger partial charge < -0.3 is 5.11 Å². The summed E-state index contributed by atoms with van der Waals surface area (Å²) in [6.45, 7) is 6.56. The van der Waals surface area contributed by atoms with Gasteiger partial charge in [-0.05, 0) is 42.4 Å². The van der Waals surface area contributed by atoms with Gasteiger partial charge in [0.25, 0.3) is 0 Å². The molecule has 0 saturated heterocycles. The van der Waals surface area contributed by atoms with E-state index in [2.05, 4.69) is 32.9 Å². The highest BCUT2D eigenvalue weighted by molar-refractivity contribution is 5.43. The molecule has 1 N–H and O–H groups in total.